The van der Waals surface area contributed by atoms with Gasteiger partial charge >= 0.3 is 0 Å². The van der Waals surface area contributed by atoms with E-state index in [4.69, 9.17) is 0 Å². The lowest BCUT2D eigenvalue weighted by Gasteiger charge is -2.12. The maximum absolute atomic E-state index is 12.7. The normalized spacial score (nSPS) is 11.5. The van der Waals surface area contributed by atoms with E-state index in [-0.39, 0.29) is 11.9 Å². The van der Waals surface area contributed by atoms with E-state index in [1.807, 2.05) is 26.0 Å². The molecule has 0 aliphatic heterocycles. The second-order valence-corrected chi connectivity index (χ2v) is 7.06. The van der Waals surface area contributed by atoms with Crippen LogP contribution in [0.25, 0.3) is 22.1 Å². The summed E-state index contributed by atoms with van der Waals surface area (Å²) in [4.78, 5) is 25.6. The van der Waals surface area contributed by atoms with Crippen molar-refractivity contribution in [2.45, 2.75) is 40.3 Å². The van der Waals surface area contributed by atoms with Gasteiger partial charge in [0.15, 0.2) is 0 Å². The highest BCUT2D eigenvalue weighted by Crippen LogP contribution is 2.26. The number of nitrogens with one attached hydrogen (secondary N) is 1. The Morgan fingerprint density at radius 3 is 2.68 bits per heavy atom. The van der Waals surface area contributed by atoms with Crippen molar-refractivity contribution in [1.29, 1.82) is 0 Å². The molecule has 0 radical (unpaired) electrons. The van der Waals surface area contributed by atoms with Crippen molar-refractivity contribution in [3.63, 3.8) is 0 Å². The Morgan fingerprint density at radius 2 is 1.96 bits per heavy atom. The van der Waals surface area contributed by atoms with Gasteiger partial charge in [0.1, 0.15) is 5.82 Å². The molecule has 0 spiro atoms. The van der Waals surface area contributed by atoms with Crippen molar-refractivity contribution in [2.75, 3.05) is 0 Å². The minimum atomic E-state index is -0.179. The number of imidazole rings is 1. The van der Waals surface area contributed by atoms with Crippen LogP contribution < -0.4 is 5.32 Å². The highest BCUT2D eigenvalue weighted by atomic mass is 16.1. The fourth-order valence-corrected chi connectivity index (χ4v) is 3.32. The number of hydrogen-bond donors (Lipinski definition) is 1. The third-order valence-electron chi connectivity index (χ3n) is 4.62. The smallest absolute Gasteiger partial charge is 0.251 e. The molecular weight excluding hydrogens is 354 g/mol. The van der Waals surface area contributed by atoms with Crippen LogP contribution in [0.1, 0.15) is 47.5 Å². The average molecular weight is 375 g/mol. The molecule has 1 aromatic carbocycles. The fraction of sp³-hybridized carbons (Fsp3) is 0.300. The van der Waals surface area contributed by atoms with E-state index in [1.165, 1.54) is 0 Å². The van der Waals surface area contributed by atoms with Gasteiger partial charge in [0.05, 0.1) is 35.2 Å². The molecule has 142 valence electrons. The molecule has 0 atom stereocenters. The van der Waals surface area contributed by atoms with Crippen LogP contribution in [0.4, 0.5) is 0 Å². The Hall–Kier alpha value is -3.42. The zero-order chi connectivity index (χ0) is 19.8. The molecule has 1 amide bonds. The lowest BCUT2D eigenvalue weighted by Crippen LogP contribution is -2.23. The second kappa shape index (κ2) is 6.95. The van der Waals surface area contributed by atoms with Gasteiger partial charge in [-0.15, -0.1) is 10.2 Å². The standard InChI is InChI=1S/C20H21N7O/c1-11(2)27-13(4)24-19-18(27)16-7-14(5-6-17(16)25-26-19)20(28)23-10-15-9-21-12(3)8-22-15/h5-9,11H,10H2,1-4H3,(H,23,28). The SMILES string of the molecule is Cc1cnc(CNC(=O)c2ccc3nnc4nc(C)n(C(C)C)c4c3c2)cn1. The Kier molecular flexibility index (Phi) is 4.46. The lowest BCUT2D eigenvalue weighted by atomic mass is 10.1. The molecular formula is C20H21N7O. The molecule has 8 nitrogen and oxygen atoms in total. The number of carbonyl (C=O) groups is 1. The van der Waals surface area contributed by atoms with Crippen LogP contribution in [0, 0.1) is 13.8 Å². The van der Waals surface area contributed by atoms with E-state index in [1.54, 1.807) is 18.5 Å². The first-order chi connectivity index (χ1) is 13.4. The van der Waals surface area contributed by atoms with E-state index in [0.717, 1.165) is 27.9 Å². The maximum Gasteiger partial charge on any atom is 0.251 e. The number of amides is 1. The van der Waals surface area contributed by atoms with Gasteiger partial charge in [0.25, 0.3) is 5.91 Å². The van der Waals surface area contributed by atoms with Crippen molar-refractivity contribution < 1.29 is 4.79 Å². The zero-order valence-corrected chi connectivity index (χ0v) is 16.3. The minimum absolute atomic E-state index is 0.179. The second-order valence-electron chi connectivity index (χ2n) is 7.06. The van der Waals surface area contributed by atoms with Gasteiger partial charge in [-0.2, -0.15) is 0 Å². The van der Waals surface area contributed by atoms with Crippen LogP contribution in [0.5, 0.6) is 0 Å². The van der Waals surface area contributed by atoms with Crippen molar-refractivity contribution in [2.24, 2.45) is 0 Å². The van der Waals surface area contributed by atoms with Crippen molar-refractivity contribution in [3.8, 4) is 0 Å². The van der Waals surface area contributed by atoms with Crippen LogP contribution in [-0.4, -0.2) is 35.6 Å². The molecule has 4 aromatic rings. The molecule has 0 saturated carbocycles. The summed E-state index contributed by atoms with van der Waals surface area (Å²) in [5, 5.41) is 12.2. The number of aromatic nitrogens is 6. The largest absolute Gasteiger partial charge is 0.346 e. The highest BCUT2D eigenvalue weighted by molar-refractivity contribution is 6.05. The van der Waals surface area contributed by atoms with Gasteiger partial charge in [-0.3, -0.25) is 14.8 Å². The first kappa shape index (κ1) is 18.0. The Bertz CT molecular complexity index is 1180. The minimum Gasteiger partial charge on any atom is -0.346 e. The van der Waals surface area contributed by atoms with Gasteiger partial charge in [0.2, 0.25) is 5.65 Å². The van der Waals surface area contributed by atoms with Gasteiger partial charge in [0, 0.05) is 23.2 Å². The Morgan fingerprint density at radius 1 is 1.14 bits per heavy atom. The van der Waals surface area contributed by atoms with Gasteiger partial charge in [-0.05, 0) is 45.9 Å². The summed E-state index contributed by atoms with van der Waals surface area (Å²) >= 11 is 0. The van der Waals surface area contributed by atoms with Gasteiger partial charge in [-0.25, -0.2) is 4.98 Å². The molecule has 8 heteroatoms. The quantitative estimate of drug-likeness (QED) is 0.589. The number of nitrogens with zero attached hydrogens (tertiary/aromatic N) is 6. The van der Waals surface area contributed by atoms with E-state index in [0.29, 0.717) is 23.4 Å². The molecule has 0 unspecified atom stereocenters. The predicted molar refractivity (Wildman–Crippen MR) is 106 cm³/mol. The summed E-state index contributed by atoms with van der Waals surface area (Å²) < 4.78 is 2.12. The molecule has 0 bridgehead atoms. The molecule has 0 saturated heterocycles. The Labute approximate surface area is 162 Å². The molecule has 0 aliphatic carbocycles. The molecule has 1 N–H and O–H groups in total. The van der Waals surface area contributed by atoms with Crippen molar-refractivity contribution in [3.05, 3.63) is 53.4 Å². The third kappa shape index (κ3) is 3.17. The number of benzene rings is 1. The Balaban J connectivity index is 1.70. The lowest BCUT2D eigenvalue weighted by molar-refractivity contribution is 0.0950. The van der Waals surface area contributed by atoms with Crippen molar-refractivity contribution in [1.82, 2.24) is 35.0 Å². The summed E-state index contributed by atoms with van der Waals surface area (Å²) in [6.45, 7) is 8.33. The number of hydrogen-bond acceptors (Lipinski definition) is 6. The predicted octanol–water partition coefficient (Wildman–Crippen LogP) is 2.90. The first-order valence-electron chi connectivity index (χ1n) is 9.14. The van der Waals surface area contributed by atoms with E-state index < -0.39 is 0 Å². The van der Waals surface area contributed by atoms with E-state index in [2.05, 4.69) is 48.9 Å². The zero-order valence-electron chi connectivity index (χ0n) is 16.3. The summed E-state index contributed by atoms with van der Waals surface area (Å²) in [6.07, 6.45) is 3.35. The fourth-order valence-electron chi connectivity index (χ4n) is 3.32. The van der Waals surface area contributed by atoms with Crippen LogP contribution in [0.2, 0.25) is 0 Å². The van der Waals surface area contributed by atoms with Crippen LogP contribution >= 0.6 is 0 Å². The topological polar surface area (TPSA) is 98.5 Å². The highest BCUT2D eigenvalue weighted by Gasteiger charge is 2.17. The summed E-state index contributed by atoms with van der Waals surface area (Å²) in [5.41, 5.74) is 4.32. The third-order valence-corrected chi connectivity index (χ3v) is 4.62. The number of carbonyl (C=O) groups excluding carboxylic acids is 1. The molecule has 3 aromatic heterocycles. The summed E-state index contributed by atoms with van der Waals surface area (Å²) in [6, 6.07) is 5.63. The average Bonchev–Trinajstić information content (AvgIpc) is 3.03. The van der Waals surface area contributed by atoms with E-state index in [9.17, 15) is 4.79 Å². The molecule has 28 heavy (non-hydrogen) atoms. The number of rotatable bonds is 4. The van der Waals surface area contributed by atoms with Crippen molar-refractivity contribution >= 4 is 28.0 Å². The molecule has 4 rings (SSSR count). The number of aryl methyl sites for hydroxylation is 2. The first-order valence-corrected chi connectivity index (χ1v) is 9.14. The van der Waals surface area contributed by atoms with Crippen LogP contribution in [0.3, 0.4) is 0 Å². The van der Waals surface area contributed by atoms with Crippen LogP contribution in [0.15, 0.2) is 30.6 Å². The van der Waals surface area contributed by atoms with Gasteiger partial charge in [-0.1, -0.05) is 0 Å². The van der Waals surface area contributed by atoms with Crippen LogP contribution in [-0.2, 0) is 6.54 Å². The summed E-state index contributed by atoms with van der Waals surface area (Å²) in [5.74, 6) is 0.696. The molecule has 0 aliphatic rings. The summed E-state index contributed by atoms with van der Waals surface area (Å²) in [7, 11) is 0. The molecule has 0 fully saturated rings. The maximum atomic E-state index is 12.7. The monoisotopic (exact) mass is 375 g/mol. The molecule has 3 heterocycles. The van der Waals surface area contributed by atoms with E-state index >= 15 is 0 Å². The number of fused-ring (bicyclic) bond motifs is 3. The van der Waals surface area contributed by atoms with Gasteiger partial charge < -0.3 is 9.88 Å².